The lowest BCUT2D eigenvalue weighted by Crippen LogP contribution is -2.57. The summed E-state index contributed by atoms with van der Waals surface area (Å²) in [5, 5.41) is 0.743. The first kappa shape index (κ1) is 40.7. The van der Waals surface area contributed by atoms with Gasteiger partial charge in [-0.25, -0.2) is 4.21 Å². The number of halogens is 1. The van der Waals surface area contributed by atoms with Gasteiger partial charge in [-0.15, -0.1) is 4.36 Å². The zero-order valence-electron chi connectivity index (χ0n) is 34.3. The van der Waals surface area contributed by atoms with E-state index in [2.05, 4.69) is 48.1 Å². The van der Waals surface area contributed by atoms with Crippen LogP contribution in [0.3, 0.4) is 0 Å². The zero-order chi connectivity index (χ0) is 40.7. The van der Waals surface area contributed by atoms with E-state index in [0.29, 0.717) is 60.7 Å². The van der Waals surface area contributed by atoms with Crippen LogP contribution in [0, 0.1) is 11.8 Å². The molecule has 59 heavy (non-hydrogen) atoms. The van der Waals surface area contributed by atoms with E-state index >= 15 is 0 Å². The average Bonchev–Trinajstić information content (AvgIpc) is 3.51. The lowest BCUT2D eigenvalue weighted by Gasteiger charge is -2.46. The summed E-state index contributed by atoms with van der Waals surface area (Å²) in [6, 6.07) is 13.9. The van der Waals surface area contributed by atoms with E-state index in [4.69, 9.17) is 25.8 Å². The molecule has 1 unspecified atom stereocenters. The van der Waals surface area contributed by atoms with Crippen molar-refractivity contribution in [3.63, 3.8) is 0 Å². The van der Waals surface area contributed by atoms with Crippen LogP contribution in [0.4, 0.5) is 5.69 Å². The Balaban J connectivity index is 1.01. The molecule has 6 atom stereocenters. The largest absolute Gasteiger partial charge is 0.490 e. The Hall–Kier alpha value is -3.72. The van der Waals surface area contributed by atoms with E-state index in [9.17, 15) is 13.8 Å². The predicted molar refractivity (Wildman–Crippen MR) is 230 cm³/mol. The second kappa shape index (κ2) is 17.0. The van der Waals surface area contributed by atoms with Gasteiger partial charge >= 0.3 is 0 Å². The number of carbonyl (C=O) groups is 2. The summed E-state index contributed by atoms with van der Waals surface area (Å²) in [6.45, 7) is 8.02. The van der Waals surface area contributed by atoms with E-state index in [1.165, 1.54) is 11.1 Å². The highest BCUT2D eigenvalue weighted by atomic mass is 35.5. The van der Waals surface area contributed by atoms with Gasteiger partial charge in [-0.3, -0.25) is 24.1 Å². The molecule has 0 radical (unpaired) electrons. The number of nitrogens with zero attached hydrogens (tertiary/aromatic N) is 5. The molecule has 3 aromatic rings. The topological polar surface area (TPSA) is 118 Å². The number of nitrogens with one attached hydrogen (secondary N) is 1. The number of aromatic nitrogens is 1. The molecular weight excluding hydrogens is 788 g/mol. The Morgan fingerprint density at radius 2 is 2.00 bits per heavy atom. The first-order valence-corrected chi connectivity index (χ1v) is 23.5. The minimum Gasteiger partial charge on any atom is -0.490 e. The number of aryl methyl sites for hydroxylation is 2. The molecule has 2 bridgehead atoms. The van der Waals surface area contributed by atoms with Crippen LogP contribution in [0.15, 0.2) is 65.2 Å². The van der Waals surface area contributed by atoms with Crippen molar-refractivity contribution in [2.24, 2.45) is 23.2 Å². The van der Waals surface area contributed by atoms with Gasteiger partial charge in [0.25, 0.3) is 11.8 Å². The van der Waals surface area contributed by atoms with Gasteiger partial charge in [-0.05, 0) is 104 Å². The molecule has 1 spiro atoms. The second-order valence-electron chi connectivity index (χ2n) is 17.6. The summed E-state index contributed by atoms with van der Waals surface area (Å²) < 4.78 is 42.3. The lowest BCUT2D eigenvalue weighted by molar-refractivity contribution is -0.0464. The molecule has 3 fully saturated rings. The van der Waals surface area contributed by atoms with Crippen molar-refractivity contribution in [2.75, 3.05) is 76.9 Å². The van der Waals surface area contributed by atoms with E-state index in [1.807, 2.05) is 35.9 Å². The predicted octanol–water partition coefficient (Wildman–Crippen LogP) is 6.01. The first-order valence-electron chi connectivity index (χ1n) is 21.4. The van der Waals surface area contributed by atoms with Gasteiger partial charge in [0.05, 0.1) is 42.9 Å². The van der Waals surface area contributed by atoms with Crippen LogP contribution in [0.1, 0.15) is 76.1 Å². The number of methoxy groups -OCH3 is 1. The maximum Gasteiger partial charge on any atom is 0.286 e. The van der Waals surface area contributed by atoms with Crippen LogP contribution < -0.4 is 14.4 Å². The number of anilines is 1. The maximum atomic E-state index is 14.7. The summed E-state index contributed by atoms with van der Waals surface area (Å²) >= 11 is 6.49. The lowest BCUT2D eigenvalue weighted by atomic mass is 9.68. The molecule has 12 nitrogen and oxygen atoms in total. The van der Waals surface area contributed by atoms with Crippen LogP contribution in [-0.2, 0) is 44.8 Å². The molecule has 5 heterocycles. The highest BCUT2D eigenvalue weighted by molar-refractivity contribution is 7.92. The summed E-state index contributed by atoms with van der Waals surface area (Å²) in [4.78, 5) is 35.4. The average molecular weight is 846 g/mol. The van der Waals surface area contributed by atoms with Gasteiger partial charge in [0.2, 0.25) is 0 Å². The first-order chi connectivity index (χ1) is 28.6. The normalized spacial score (nSPS) is 30.8. The van der Waals surface area contributed by atoms with Crippen LogP contribution in [0.5, 0.6) is 5.75 Å². The number of allylic oxidation sites excluding steroid dienone is 1. The maximum absolute atomic E-state index is 14.7. The fraction of sp³-hybridized carbons (Fsp3) is 0.556. The number of morpholine rings is 1. The smallest absolute Gasteiger partial charge is 0.286 e. The van der Waals surface area contributed by atoms with Gasteiger partial charge in [0.1, 0.15) is 15.7 Å². The van der Waals surface area contributed by atoms with Gasteiger partial charge in [0, 0.05) is 93.9 Å². The molecule has 14 heteroatoms. The van der Waals surface area contributed by atoms with Gasteiger partial charge < -0.3 is 23.7 Å². The van der Waals surface area contributed by atoms with Crippen molar-refractivity contribution in [2.45, 2.75) is 69.1 Å². The summed E-state index contributed by atoms with van der Waals surface area (Å²) in [5.41, 5.74) is 4.79. The fourth-order valence-corrected chi connectivity index (χ4v) is 12.2. The van der Waals surface area contributed by atoms with Crippen molar-refractivity contribution < 1.29 is 28.0 Å². The molecule has 4 aliphatic heterocycles. The van der Waals surface area contributed by atoms with E-state index in [-0.39, 0.29) is 17.3 Å². The molecule has 1 N–H and O–H groups in total. The third-order valence-electron chi connectivity index (χ3n) is 13.8. The highest BCUT2D eigenvalue weighted by Crippen LogP contribution is 2.47. The number of ether oxygens (including phenoxy) is 3. The van der Waals surface area contributed by atoms with E-state index < -0.39 is 21.7 Å². The number of piperazine rings is 1. The van der Waals surface area contributed by atoms with Gasteiger partial charge in [-0.2, -0.15) is 0 Å². The van der Waals surface area contributed by atoms with Crippen LogP contribution >= 0.6 is 11.6 Å². The quantitative estimate of drug-likeness (QED) is 0.308. The SMILES string of the molecule is CO[C@H]1/C=C/CCCS(=O)(NC(=O)c2cc(CN3CCN4CCOC[C@@H]4C3)n(C)c2)=NC(=O)c2ccc3c(c2)N(C[C@@H]2CC[C@H]21)C[C@@]1(CCCc2cc(Cl)ccc21)CO3. The van der Waals surface area contributed by atoms with Crippen molar-refractivity contribution in [1.29, 1.82) is 0 Å². The molecule has 2 aromatic carbocycles. The Kier molecular flexibility index (Phi) is 11.7. The number of hydrogen-bond acceptors (Lipinski definition) is 9. The minimum atomic E-state index is -3.52. The summed E-state index contributed by atoms with van der Waals surface area (Å²) in [6.07, 6.45) is 12.2. The van der Waals surface area contributed by atoms with Crippen molar-refractivity contribution in [3.8, 4) is 5.75 Å². The minimum absolute atomic E-state index is 0.0259. The third kappa shape index (κ3) is 8.48. The number of hydrogen-bond donors (Lipinski definition) is 1. The second-order valence-corrected chi connectivity index (χ2v) is 20.1. The molecule has 2 aliphatic carbocycles. The monoisotopic (exact) mass is 844 g/mol. The number of rotatable bonds is 5. The molecule has 2 amide bonds. The summed E-state index contributed by atoms with van der Waals surface area (Å²) in [7, 11) is 0.179. The molecule has 9 rings (SSSR count). The Bertz CT molecular complexity index is 2240. The van der Waals surface area contributed by atoms with Crippen molar-refractivity contribution >= 4 is 39.0 Å². The fourth-order valence-electron chi connectivity index (χ4n) is 10.4. The third-order valence-corrected chi connectivity index (χ3v) is 15.8. The van der Waals surface area contributed by atoms with Crippen molar-refractivity contribution in [1.82, 2.24) is 19.1 Å². The molecular formula is C45H57ClN6O6S. The Labute approximate surface area is 353 Å². The number of fused-ring (bicyclic) bond motifs is 5. The summed E-state index contributed by atoms with van der Waals surface area (Å²) in [5.74, 6) is 0.329. The van der Waals surface area contributed by atoms with Gasteiger partial charge in [-0.1, -0.05) is 29.8 Å². The van der Waals surface area contributed by atoms with Crippen molar-refractivity contribution in [3.05, 3.63) is 93.8 Å². The van der Waals surface area contributed by atoms with E-state index in [1.54, 1.807) is 19.4 Å². The number of carbonyl (C=O) groups excluding carboxylic acids is 2. The highest BCUT2D eigenvalue weighted by Gasteiger charge is 2.44. The molecule has 6 aliphatic rings. The number of benzene rings is 2. The molecule has 2 saturated heterocycles. The van der Waals surface area contributed by atoms with Crippen LogP contribution in [0.25, 0.3) is 0 Å². The molecule has 1 aromatic heterocycles. The standard InChI is InChI=1S/C45H57ClN6O6S/c1-49-24-34(22-36(49)26-50-16-17-51-18-19-57-28-37(51)27-50)44(54)48-59(55)20-5-3-4-8-41(56-2)38-12-9-33(38)25-52-29-45(15-6-7-31-21-35(46)11-13-39(31)45)30-58-42-14-10-32(23-40(42)52)43(53)47-59/h4,8,10-11,13-14,21-24,33,37-38,41H,3,5-7,9,12,15-20,25-30H2,1-2H3,(H,47,48,53,54,55)/b8-4+/t33-,37-,38+,41-,45-,59?/m0/s1. The van der Waals surface area contributed by atoms with Crippen LogP contribution in [-0.4, -0.2) is 114 Å². The Morgan fingerprint density at radius 3 is 2.85 bits per heavy atom. The number of amides is 2. The van der Waals surface area contributed by atoms with Crippen LogP contribution in [0.2, 0.25) is 5.02 Å². The zero-order valence-corrected chi connectivity index (χ0v) is 35.9. The molecule has 316 valence electrons. The van der Waals surface area contributed by atoms with E-state index in [0.717, 1.165) is 101 Å². The molecule has 1 saturated carbocycles. The Morgan fingerprint density at radius 1 is 1.10 bits per heavy atom. The van der Waals surface area contributed by atoms with Gasteiger partial charge in [0.15, 0.2) is 0 Å².